The highest BCUT2D eigenvalue weighted by atomic mass is 31.2. The van der Waals surface area contributed by atoms with E-state index in [2.05, 4.69) is 62.8 Å². The standard InChI is InChI=1S/C43H53N8O8P/c1-28(2)51(29(3)4)60(57-24-23-44-5)59-35-25-37(50-27-46-38-39(50)47-41(48-40(38)55-9)49-42(52)45-6)58-36(35)26-56-43(30-13-11-10-12-14-30,31-15-19-33(53-7)20-16-31)32-17-21-34(54-8)22-18-32/h10-22,27-29,35-37H,23-26H2,1-4,6-9H3,(H2,45,47,48,49,52)/t35?,36-,37-,60?/m1/s1. The van der Waals surface area contributed by atoms with Crippen molar-refractivity contribution >= 4 is 31.7 Å². The predicted molar refractivity (Wildman–Crippen MR) is 228 cm³/mol. The molecule has 2 unspecified atom stereocenters. The molecule has 0 aliphatic carbocycles. The number of aromatic nitrogens is 4. The van der Waals surface area contributed by atoms with E-state index in [1.54, 1.807) is 25.1 Å². The van der Waals surface area contributed by atoms with Gasteiger partial charge in [-0.25, -0.2) is 21.0 Å². The number of amides is 2. The van der Waals surface area contributed by atoms with Crippen LogP contribution in [0.5, 0.6) is 17.4 Å². The minimum Gasteiger partial charge on any atom is -0.497 e. The Hall–Kier alpha value is -5.40. The van der Waals surface area contributed by atoms with Crippen molar-refractivity contribution in [1.82, 2.24) is 29.5 Å². The lowest BCUT2D eigenvalue weighted by Crippen LogP contribution is -2.39. The van der Waals surface area contributed by atoms with Crippen molar-refractivity contribution in [2.45, 2.75) is 70.2 Å². The van der Waals surface area contributed by atoms with Crippen molar-refractivity contribution in [3.8, 4) is 17.4 Å². The third kappa shape index (κ3) is 9.63. The number of nitrogens with zero attached hydrogens (tertiary/aromatic N) is 6. The van der Waals surface area contributed by atoms with Gasteiger partial charge in [-0.3, -0.25) is 9.88 Å². The molecular weight excluding hydrogens is 787 g/mol. The van der Waals surface area contributed by atoms with Crippen LogP contribution < -0.4 is 24.8 Å². The Morgan fingerprint density at radius 3 is 2.10 bits per heavy atom. The van der Waals surface area contributed by atoms with Crippen molar-refractivity contribution in [3.63, 3.8) is 0 Å². The number of urea groups is 1. The van der Waals surface area contributed by atoms with E-state index in [1.807, 2.05) is 78.9 Å². The molecular formula is C43H53N8O8P. The van der Waals surface area contributed by atoms with Gasteiger partial charge < -0.3 is 42.9 Å². The van der Waals surface area contributed by atoms with Gasteiger partial charge in [-0.15, -0.1) is 0 Å². The number of imidazole rings is 1. The monoisotopic (exact) mass is 840 g/mol. The van der Waals surface area contributed by atoms with Gasteiger partial charge in [-0.1, -0.05) is 54.6 Å². The largest absolute Gasteiger partial charge is 0.497 e. The second kappa shape index (κ2) is 20.2. The fraction of sp³-hybridized carbons (Fsp3) is 0.419. The summed E-state index contributed by atoms with van der Waals surface area (Å²) in [5, 5.41) is 5.15. The average Bonchev–Trinajstić information content (AvgIpc) is 3.87. The molecule has 3 aromatic carbocycles. The Labute approximate surface area is 352 Å². The zero-order chi connectivity index (χ0) is 42.8. The minimum absolute atomic E-state index is 0.0268. The number of hydrogen-bond acceptors (Lipinski definition) is 12. The minimum atomic E-state index is -1.67. The summed E-state index contributed by atoms with van der Waals surface area (Å²) in [7, 11) is 4.58. The van der Waals surface area contributed by atoms with E-state index >= 15 is 0 Å². The number of methoxy groups -OCH3 is 3. The van der Waals surface area contributed by atoms with Gasteiger partial charge in [0.05, 0.1) is 40.4 Å². The third-order valence-corrected chi connectivity index (χ3v) is 12.2. The van der Waals surface area contributed by atoms with E-state index in [-0.39, 0.29) is 43.7 Å². The van der Waals surface area contributed by atoms with Gasteiger partial charge in [0.1, 0.15) is 36.0 Å². The number of hydrogen-bond donors (Lipinski definition) is 2. The van der Waals surface area contributed by atoms with Gasteiger partial charge in [0, 0.05) is 25.6 Å². The van der Waals surface area contributed by atoms with Crippen LogP contribution in [0.15, 0.2) is 85.2 Å². The smallest absolute Gasteiger partial charge is 0.321 e. The highest BCUT2D eigenvalue weighted by Gasteiger charge is 2.45. The molecule has 3 heterocycles. The first kappa shape index (κ1) is 44.2. The van der Waals surface area contributed by atoms with Crippen LogP contribution in [0.1, 0.15) is 57.0 Å². The Morgan fingerprint density at radius 1 is 0.933 bits per heavy atom. The summed E-state index contributed by atoms with van der Waals surface area (Å²) in [4.78, 5) is 29.4. The molecule has 1 fully saturated rings. The lowest BCUT2D eigenvalue weighted by molar-refractivity contribution is -0.0911. The molecule has 17 heteroatoms. The van der Waals surface area contributed by atoms with E-state index in [1.165, 1.54) is 14.2 Å². The summed E-state index contributed by atoms with van der Waals surface area (Å²) in [6.07, 6.45) is 0.0838. The summed E-state index contributed by atoms with van der Waals surface area (Å²) < 4.78 is 48.4. The fourth-order valence-electron chi connectivity index (χ4n) is 7.28. The molecule has 16 nitrogen and oxygen atoms in total. The number of ether oxygens (including phenoxy) is 5. The molecule has 0 bridgehead atoms. The van der Waals surface area contributed by atoms with E-state index in [9.17, 15) is 4.79 Å². The zero-order valence-corrected chi connectivity index (χ0v) is 36.1. The predicted octanol–water partition coefficient (Wildman–Crippen LogP) is 7.57. The van der Waals surface area contributed by atoms with Gasteiger partial charge in [-0.05, 0) is 68.7 Å². The quantitative estimate of drug-likeness (QED) is 0.0365. The highest BCUT2D eigenvalue weighted by molar-refractivity contribution is 7.44. The molecule has 5 aromatic rings. The fourth-order valence-corrected chi connectivity index (χ4v) is 9.03. The molecule has 2 amide bonds. The van der Waals surface area contributed by atoms with E-state index in [0.717, 1.165) is 16.7 Å². The lowest BCUT2D eigenvalue weighted by atomic mass is 9.80. The molecule has 318 valence electrons. The van der Waals surface area contributed by atoms with Crippen molar-refractivity contribution in [2.24, 2.45) is 0 Å². The van der Waals surface area contributed by atoms with E-state index in [4.69, 9.17) is 39.3 Å². The third-order valence-electron chi connectivity index (χ3n) is 10.0. The molecule has 0 radical (unpaired) electrons. The average molecular weight is 841 g/mol. The molecule has 2 aromatic heterocycles. The van der Waals surface area contributed by atoms with Crippen LogP contribution in [-0.4, -0.2) is 103 Å². The van der Waals surface area contributed by atoms with Crippen molar-refractivity contribution < 1.29 is 37.5 Å². The van der Waals surface area contributed by atoms with Crippen LogP contribution in [0.4, 0.5) is 10.7 Å². The molecule has 60 heavy (non-hydrogen) atoms. The summed E-state index contributed by atoms with van der Waals surface area (Å²) in [5.41, 5.74) is 2.26. The maximum absolute atomic E-state index is 12.3. The topological polar surface area (TPSA) is 157 Å². The molecule has 2 N–H and O–H groups in total. The van der Waals surface area contributed by atoms with Gasteiger partial charge >= 0.3 is 6.03 Å². The van der Waals surface area contributed by atoms with Crippen molar-refractivity contribution in [2.75, 3.05) is 53.5 Å². The number of benzene rings is 3. The van der Waals surface area contributed by atoms with Crippen LogP contribution in [-0.2, 0) is 24.1 Å². The molecule has 1 aliphatic rings. The number of anilines is 1. The van der Waals surface area contributed by atoms with Crippen LogP contribution >= 0.6 is 8.53 Å². The first-order valence-electron chi connectivity index (χ1n) is 19.7. The zero-order valence-electron chi connectivity index (χ0n) is 35.2. The Balaban J connectivity index is 1.45. The van der Waals surface area contributed by atoms with Gasteiger partial charge in [0.15, 0.2) is 11.2 Å². The summed E-state index contributed by atoms with van der Waals surface area (Å²) in [5.74, 6) is 1.63. The first-order valence-corrected chi connectivity index (χ1v) is 20.8. The Bertz CT molecular complexity index is 2150. The number of fused-ring (bicyclic) bond motifs is 1. The second-order valence-corrected chi connectivity index (χ2v) is 15.8. The Kier molecular flexibility index (Phi) is 14.9. The maximum Gasteiger partial charge on any atom is 0.321 e. The molecule has 0 spiro atoms. The van der Waals surface area contributed by atoms with Crippen LogP contribution in [0.3, 0.4) is 0 Å². The SMILES string of the molecule is [C-]#[N+]CCOP(OC1C[C@H](n2cnc3c(OC)nc(NC(=O)NC)nc32)O[C@@H]1COC(c1ccccc1)(c1ccc(OC)cc1)c1ccc(OC)cc1)N(C(C)C)C(C)C. The number of rotatable bonds is 19. The summed E-state index contributed by atoms with van der Waals surface area (Å²) >= 11 is 0. The molecule has 4 atom stereocenters. The molecule has 6 rings (SSSR count). The van der Waals surface area contributed by atoms with Crippen LogP contribution in [0.25, 0.3) is 16.0 Å². The maximum atomic E-state index is 12.3. The lowest BCUT2D eigenvalue weighted by Gasteiger charge is -2.39. The Morgan fingerprint density at radius 2 is 1.55 bits per heavy atom. The summed E-state index contributed by atoms with van der Waals surface area (Å²) in [6.45, 7) is 16.3. The van der Waals surface area contributed by atoms with Crippen LogP contribution in [0, 0.1) is 6.57 Å². The van der Waals surface area contributed by atoms with Crippen molar-refractivity contribution in [3.05, 3.63) is 113 Å². The van der Waals surface area contributed by atoms with Gasteiger partial charge in [-0.2, -0.15) is 9.97 Å². The summed E-state index contributed by atoms with van der Waals surface area (Å²) in [6, 6.07) is 25.4. The normalized spacial score (nSPS) is 17.2. The second-order valence-electron chi connectivity index (χ2n) is 14.4. The van der Waals surface area contributed by atoms with Gasteiger partial charge in [0.25, 0.3) is 8.53 Å². The van der Waals surface area contributed by atoms with Gasteiger partial charge in [0.2, 0.25) is 18.4 Å². The van der Waals surface area contributed by atoms with E-state index < -0.39 is 38.6 Å². The van der Waals surface area contributed by atoms with Crippen LogP contribution in [0.2, 0.25) is 0 Å². The van der Waals surface area contributed by atoms with E-state index in [0.29, 0.717) is 29.1 Å². The first-order chi connectivity index (χ1) is 29.1. The molecule has 0 saturated carbocycles. The number of carbonyl (C=O) groups is 1. The number of nitrogens with one attached hydrogen (secondary N) is 2. The molecule has 1 saturated heterocycles. The number of carbonyl (C=O) groups excluding carboxylic acids is 1. The van der Waals surface area contributed by atoms with Crippen molar-refractivity contribution in [1.29, 1.82) is 0 Å². The highest BCUT2D eigenvalue weighted by Crippen LogP contribution is 2.51. The molecule has 1 aliphatic heterocycles.